The number of pyridine rings is 1. The van der Waals surface area contributed by atoms with E-state index in [-0.39, 0.29) is 12.5 Å². The lowest BCUT2D eigenvalue weighted by Crippen LogP contribution is -2.20. The molecule has 0 aliphatic carbocycles. The van der Waals surface area contributed by atoms with Crippen molar-refractivity contribution in [2.24, 2.45) is 0 Å². The summed E-state index contributed by atoms with van der Waals surface area (Å²) in [6.07, 6.45) is 1.66. The van der Waals surface area contributed by atoms with E-state index in [0.717, 1.165) is 15.6 Å². The fourth-order valence-corrected chi connectivity index (χ4v) is 1.89. The monoisotopic (exact) mass is 334 g/mol. The average molecular weight is 335 g/mol. The molecule has 1 heterocycles. The Bertz CT molecular complexity index is 629. The van der Waals surface area contributed by atoms with Crippen molar-refractivity contribution in [3.63, 3.8) is 0 Å². The fourth-order valence-electron chi connectivity index (χ4n) is 1.64. The van der Waals surface area contributed by atoms with Gasteiger partial charge in [-0.3, -0.25) is 4.79 Å². The maximum absolute atomic E-state index is 11.8. The maximum Gasteiger partial charge on any atom is 0.263 e. The minimum atomic E-state index is -0.233. The Morgan fingerprint density at radius 1 is 1.30 bits per heavy atom. The van der Waals surface area contributed by atoms with E-state index in [4.69, 9.17) is 4.74 Å². The Balaban J connectivity index is 1.90. The van der Waals surface area contributed by atoms with E-state index < -0.39 is 0 Å². The molecule has 0 saturated carbocycles. The van der Waals surface area contributed by atoms with Crippen molar-refractivity contribution in [2.45, 2.75) is 13.8 Å². The second kappa shape index (κ2) is 6.52. The zero-order chi connectivity index (χ0) is 14.5. The van der Waals surface area contributed by atoms with Crippen LogP contribution in [0.3, 0.4) is 0 Å². The molecule has 1 aromatic heterocycles. The van der Waals surface area contributed by atoms with Gasteiger partial charge in [0.15, 0.2) is 6.61 Å². The lowest BCUT2D eigenvalue weighted by Gasteiger charge is -2.08. The van der Waals surface area contributed by atoms with Gasteiger partial charge in [0.05, 0.1) is 0 Å². The van der Waals surface area contributed by atoms with Gasteiger partial charge < -0.3 is 10.1 Å². The van der Waals surface area contributed by atoms with Gasteiger partial charge in [-0.1, -0.05) is 15.9 Å². The first-order valence-electron chi connectivity index (χ1n) is 6.16. The normalized spacial score (nSPS) is 10.2. The van der Waals surface area contributed by atoms with Crippen LogP contribution in [0, 0.1) is 13.8 Å². The molecular weight excluding hydrogens is 320 g/mol. The number of rotatable bonds is 4. The van der Waals surface area contributed by atoms with Crippen molar-refractivity contribution in [1.29, 1.82) is 0 Å². The Kier molecular flexibility index (Phi) is 4.74. The molecule has 1 aromatic carbocycles. The first-order valence-corrected chi connectivity index (χ1v) is 6.95. The van der Waals surface area contributed by atoms with E-state index in [1.165, 1.54) is 0 Å². The largest absolute Gasteiger partial charge is 0.484 e. The number of anilines is 1. The maximum atomic E-state index is 11.8. The molecule has 2 aromatic rings. The Morgan fingerprint density at radius 3 is 2.80 bits per heavy atom. The predicted octanol–water partition coefficient (Wildman–Crippen LogP) is 3.48. The van der Waals surface area contributed by atoms with Gasteiger partial charge in [-0.05, 0) is 55.3 Å². The zero-order valence-corrected chi connectivity index (χ0v) is 12.9. The number of aryl methyl sites for hydroxylation is 2. The number of ether oxygens (including phenoxy) is 1. The third-order valence-corrected chi connectivity index (χ3v) is 3.57. The van der Waals surface area contributed by atoms with E-state index in [0.29, 0.717) is 11.6 Å². The van der Waals surface area contributed by atoms with Crippen molar-refractivity contribution in [1.82, 2.24) is 4.98 Å². The molecule has 4 nitrogen and oxygen atoms in total. The van der Waals surface area contributed by atoms with Gasteiger partial charge in [-0.25, -0.2) is 4.98 Å². The highest BCUT2D eigenvalue weighted by molar-refractivity contribution is 9.10. The topological polar surface area (TPSA) is 51.2 Å². The van der Waals surface area contributed by atoms with Gasteiger partial charge >= 0.3 is 0 Å². The number of amides is 1. The molecule has 0 unspecified atom stereocenters. The SMILES string of the molecule is Cc1ccnc(NC(=O)COc2ccc(Br)c(C)c2)c1. The number of halogens is 1. The Labute approximate surface area is 126 Å². The summed E-state index contributed by atoms with van der Waals surface area (Å²) >= 11 is 3.42. The predicted molar refractivity (Wildman–Crippen MR) is 82.0 cm³/mol. The van der Waals surface area contributed by atoms with Crippen LogP contribution in [0.2, 0.25) is 0 Å². The molecule has 0 aliphatic rings. The highest BCUT2D eigenvalue weighted by atomic mass is 79.9. The molecule has 2 rings (SSSR count). The van der Waals surface area contributed by atoms with Crippen LogP contribution in [0.1, 0.15) is 11.1 Å². The van der Waals surface area contributed by atoms with E-state index in [9.17, 15) is 4.79 Å². The third kappa shape index (κ3) is 4.06. The summed E-state index contributed by atoms with van der Waals surface area (Å²) < 4.78 is 6.46. The highest BCUT2D eigenvalue weighted by Crippen LogP contribution is 2.21. The van der Waals surface area contributed by atoms with Gasteiger partial charge in [-0.15, -0.1) is 0 Å². The quantitative estimate of drug-likeness (QED) is 0.931. The summed E-state index contributed by atoms with van der Waals surface area (Å²) in [6.45, 7) is 3.86. The number of carbonyl (C=O) groups excluding carboxylic acids is 1. The number of nitrogens with zero attached hydrogens (tertiary/aromatic N) is 1. The van der Waals surface area contributed by atoms with Crippen LogP contribution in [0.15, 0.2) is 41.0 Å². The number of nitrogens with one attached hydrogen (secondary N) is 1. The van der Waals surface area contributed by atoms with Gasteiger partial charge in [0.1, 0.15) is 11.6 Å². The lowest BCUT2D eigenvalue weighted by molar-refractivity contribution is -0.118. The van der Waals surface area contributed by atoms with Gasteiger partial charge in [0, 0.05) is 10.7 Å². The van der Waals surface area contributed by atoms with E-state index >= 15 is 0 Å². The second-order valence-corrected chi connectivity index (χ2v) is 5.32. The van der Waals surface area contributed by atoms with Crippen LogP contribution in [-0.2, 0) is 4.79 Å². The molecule has 5 heteroatoms. The molecule has 0 bridgehead atoms. The van der Waals surface area contributed by atoms with Crippen LogP contribution < -0.4 is 10.1 Å². The molecule has 1 N–H and O–H groups in total. The fraction of sp³-hybridized carbons (Fsp3) is 0.200. The molecule has 0 radical (unpaired) electrons. The summed E-state index contributed by atoms with van der Waals surface area (Å²) in [4.78, 5) is 15.8. The summed E-state index contributed by atoms with van der Waals surface area (Å²) in [5, 5.41) is 2.69. The van der Waals surface area contributed by atoms with Crippen LogP contribution in [0.25, 0.3) is 0 Å². The molecule has 0 spiro atoms. The van der Waals surface area contributed by atoms with Crippen LogP contribution in [-0.4, -0.2) is 17.5 Å². The molecule has 0 aliphatic heterocycles. The van der Waals surface area contributed by atoms with Crippen LogP contribution in [0.4, 0.5) is 5.82 Å². The molecule has 1 amide bonds. The Morgan fingerprint density at radius 2 is 2.10 bits per heavy atom. The number of hydrogen-bond acceptors (Lipinski definition) is 3. The summed E-state index contributed by atoms with van der Waals surface area (Å²) in [7, 11) is 0. The summed E-state index contributed by atoms with van der Waals surface area (Å²) in [6, 6.07) is 9.26. The standard InChI is InChI=1S/C15H15BrN2O2/c1-10-5-6-17-14(7-10)18-15(19)9-20-12-3-4-13(16)11(2)8-12/h3-8H,9H2,1-2H3,(H,17,18,19). The van der Waals surface area contributed by atoms with Crippen molar-refractivity contribution in [2.75, 3.05) is 11.9 Å². The van der Waals surface area contributed by atoms with Crippen molar-refractivity contribution < 1.29 is 9.53 Å². The van der Waals surface area contributed by atoms with Crippen molar-refractivity contribution in [3.8, 4) is 5.75 Å². The van der Waals surface area contributed by atoms with Gasteiger partial charge in [0.25, 0.3) is 5.91 Å². The average Bonchev–Trinajstić information content (AvgIpc) is 2.40. The third-order valence-electron chi connectivity index (χ3n) is 2.68. The Hall–Kier alpha value is -1.88. The number of hydrogen-bond donors (Lipinski definition) is 1. The van der Waals surface area contributed by atoms with Gasteiger partial charge in [-0.2, -0.15) is 0 Å². The van der Waals surface area contributed by atoms with Crippen molar-refractivity contribution in [3.05, 3.63) is 52.1 Å². The molecule has 0 saturated heterocycles. The summed E-state index contributed by atoms with van der Waals surface area (Å²) in [5.74, 6) is 0.965. The second-order valence-electron chi connectivity index (χ2n) is 4.47. The van der Waals surface area contributed by atoms with Crippen LogP contribution >= 0.6 is 15.9 Å². The minimum absolute atomic E-state index is 0.0449. The van der Waals surface area contributed by atoms with E-state index in [2.05, 4.69) is 26.2 Å². The van der Waals surface area contributed by atoms with Crippen LogP contribution in [0.5, 0.6) is 5.75 Å². The number of carbonyl (C=O) groups is 1. The zero-order valence-electron chi connectivity index (χ0n) is 11.3. The molecule has 104 valence electrons. The minimum Gasteiger partial charge on any atom is -0.484 e. The number of aromatic nitrogens is 1. The summed E-state index contributed by atoms with van der Waals surface area (Å²) in [5.41, 5.74) is 2.10. The lowest BCUT2D eigenvalue weighted by atomic mass is 10.2. The first kappa shape index (κ1) is 14.5. The van der Waals surface area contributed by atoms with Gasteiger partial charge in [0.2, 0.25) is 0 Å². The molecule has 20 heavy (non-hydrogen) atoms. The first-order chi connectivity index (χ1) is 9.54. The van der Waals surface area contributed by atoms with E-state index in [1.807, 2.05) is 44.2 Å². The van der Waals surface area contributed by atoms with Crippen molar-refractivity contribution >= 4 is 27.7 Å². The molecule has 0 atom stereocenters. The molecule has 0 fully saturated rings. The molecular formula is C15H15BrN2O2. The number of benzene rings is 1. The smallest absolute Gasteiger partial charge is 0.263 e. The van der Waals surface area contributed by atoms with E-state index in [1.54, 1.807) is 6.20 Å². The highest BCUT2D eigenvalue weighted by Gasteiger charge is 2.05.